The molecule has 0 unspecified atom stereocenters. The standard InChI is InChI=1S/C17H16FN7OS/c18-11-2-1-3-20-16(11)14-8-22-17(27-14)24-15-6-13-12(7-21-15)23-9-25(13)5-4-19-10-26/h1-2,6-10,20H,3-5H2,(H,19,26)(H,21,22,24). The minimum absolute atomic E-state index is 0.302. The normalized spacial score (nSPS) is 13.7. The van der Waals surface area contributed by atoms with Crippen LogP contribution in [0.3, 0.4) is 0 Å². The van der Waals surface area contributed by atoms with E-state index in [1.54, 1.807) is 24.8 Å². The summed E-state index contributed by atoms with van der Waals surface area (Å²) < 4.78 is 15.9. The van der Waals surface area contributed by atoms with Crippen molar-refractivity contribution in [3.05, 3.63) is 47.6 Å². The summed E-state index contributed by atoms with van der Waals surface area (Å²) in [5.74, 6) is 0.309. The Balaban J connectivity index is 1.54. The van der Waals surface area contributed by atoms with Crippen LogP contribution in [0.4, 0.5) is 15.3 Å². The topological polar surface area (TPSA) is 96.8 Å². The van der Waals surface area contributed by atoms with Crippen LogP contribution in [0.1, 0.15) is 4.88 Å². The van der Waals surface area contributed by atoms with Crippen LogP contribution in [0, 0.1) is 0 Å². The fourth-order valence-corrected chi connectivity index (χ4v) is 3.55. The number of thiazole rings is 1. The van der Waals surface area contributed by atoms with Crippen LogP contribution in [0.15, 0.2) is 42.8 Å². The van der Waals surface area contributed by atoms with E-state index in [1.165, 1.54) is 17.4 Å². The number of fused-ring (bicyclic) bond motifs is 1. The van der Waals surface area contributed by atoms with Crippen LogP contribution < -0.4 is 16.0 Å². The molecule has 3 aromatic rings. The molecule has 0 saturated heterocycles. The molecule has 0 spiro atoms. The van der Waals surface area contributed by atoms with Gasteiger partial charge in [-0.1, -0.05) is 17.4 Å². The summed E-state index contributed by atoms with van der Waals surface area (Å²) in [4.78, 5) is 24.1. The molecule has 4 rings (SSSR count). The molecule has 8 nitrogen and oxygen atoms in total. The summed E-state index contributed by atoms with van der Waals surface area (Å²) in [6, 6.07) is 1.87. The number of nitrogens with zero attached hydrogens (tertiary/aromatic N) is 4. The first-order chi connectivity index (χ1) is 13.2. The molecular formula is C17H16FN7OS. The molecule has 3 aromatic heterocycles. The molecule has 138 valence electrons. The highest BCUT2D eigenvalue weighted by molar-refractivity contribution is 7.16. The van der Waals surface area contributed by atoms with Crippen LogP contribution in [0.2, 0.25) is 0 Å². The fourth-order valence-electron chi connectivity index (χ4n) is 2.70. The lowest BCUT2D eigenvalue weighted by molar-refractivity contribution is -0.109. The molecule has 1 aliphatic rings. The number of nitrogens with one attached hydrogen (secondary N) is 3. The van der Waals surface area contributed by atoms with E-state index in [9.17, 15) is 9.18 Å². The molecular weight excluding hydrogens is 369 g/mol. The number of pyridine rings is 1. The van der Waals surface area contributed by atoms with Crippen molar-refractivity contribution >= 4 is 45.4 Å². The van der Waals surface area contributed by atoms with Crippen molar-refractivity contribution in [2.45, 2.75) is 6.54 Å². The Morgan fingerprint density at radius 2 is 2.26 bits per heavy atom. The van der Waals surface area contributed by atoms with Crippen LogP contribution in [0.25, 0.3) is 16.7 Å². The number of carbonyl (C=O) groups excluding carboxylic acids is 1. The molecule has 3 N–H and O–H groups in total. The molecule has 0 fully saturated rings. The van der Waals surface area contributed by atoms with Crippen molar-refractivity contribution in [3.63, 3.8) is 0 Å². The highest BCUT2D eigenvalue weighted by atomic mass is 32.1. The maximum absolute atomic E-state index is 13.9. The van der Waals surface area contributed by atoms with Crippen molar-refractivity contribution < 1.29 is 9.18 Å². The van der Waals surface area contributed by atoms with E-state index in [0.29, 0.717) is 47.6 Å². The van der Waals surface area contributed by atoms with Gasteiger partial charge < -0.3 is 20.5 Å². The fraction of sp³-hybridized carbons (Fsp3) is 0.176. The Morgan fingerprint density at radius 1 is 1.33 bits per heavy atom. The summed E-state index contributed by atoms with van der Waals surface area (Å²) in [5, 5.41) is 9.41. The van der Waals surface area contributed by atoms with Crippen LogP contribution in [-0.4, -0.2) is 39.0 Å². The Bertz CT molecular complexity index is 1040. The van der Waals surface area contributed by atoms with Crippen LogP contribution >= 0.6 is 11.3 Å². The number of anilines is 2. The third kappa shape index (κ3) is 3.65. The van der Waals surface area contributed by atoms with Gasteiger partial charge in [0.05, 0.1) is 28.6 Å². The Labute approximate surface area is 157 Å². The van der Waals surface area contributed by atoms with Crippen molar-refractivity contribution in [1.82, 2.24) is 30.2 Å². The number of amides is 1. The van der Waals surface area contributed by atoms with Gasteiger partial charge in [-0.05, 0) is 6.08 Å². The van der Waals surface area contributed by atoms with Gasteiger partial charge in [-0.15, -0.1) is 0 Å². The largest absolute Gasteiger partial charge is 0.378 e. The van der Waals surface area contributed by atoms with Gasteiger partial charge in [-0.3, -0.25) is 4.79 Å². The Morgan fingerprint density at radius 3 is 3.11 bits per heavy atom. The first kappa shape index (κ1) is 17.2. The smallest absolute Gasteiger partial charge is 0.207 e. The van der Waals surface area contributed by atoms with Gasteiger partial charge in [0.15, 0.2) is 5.13 Å². The molecule has 10 heteroatoms. The molecule has 27 heavy (non-hydrogen) atoms. The first-order valence-electron chi connectivity index (χ1n) is 8.26. The highest BCUT2D eigenvalue weighted by Gasteiger charge is 2.14. The van der Waals surface area contributed by atoms with Gasteiger partial charge in [-0.25, -0.2) is 19.3 Å². The number of rotatable bonds is 7. The predicted molar refractivity (Wildman–Crippen MR) is 102 cm³/mol. The number of hydrogen-bond donors (Lipinski definition) is 3. The molecule has 0 saturated carbocycles. The average Bonchev–Trinajstić information content (AvgIpc) is 3.30. The lowest BCUT2D eigenvalue weighted by atomic mass is 10.2. The molecule has 0 atom stereocenters. The highest BCUT2D eigenvalue weighted by Crippen LogP contribution is 2.29. The maximum atomic E-state index is 13.9. The predicted octanol–water partition coefficient (Wildman–Crippen LogP) is 2.17. The summed E-state index contributed by atoms with van der Waals surface area (Å²) in [6.45, 7) is 1.70. The number of carbonyl (C=O) groups is 1. The maximum Gasteiger partial charge on any atom is 0.207 e. The summed E-state index contributed by atoms with van der Waals surface area (Å²) in [6.07, 6.45) is 8.86. The molecule has 0 radical (unpaired) electrons. The van der Waals surface area contributed by atoms with Gasteiger partial charge in [-0.2, -0.15) is 0 Å². The zero-order valence-corrected chi connectivity index (χ0v) is 15.0. The molecule has 0 bridgehead atoms. The van der Waals surface area contributed by atoms with Crippen LogP contribution in [-0.2, 0) is 11.3 Å². The van der Waals surface area contributed by atoms with Gasteiger partial charge in [0.2, 0.25) is 6.41 Å². The van der Waals surface area contributed by atoms with E-state index in [2.05, 4.69) is 30.9 Å². The Kier molecular flexibility index (Phi) is 4.79. The number of imidazole rings is 1. The summed E-state index contributed by atoms with van der Waals surface area (Å²) >= 11 is 1.34. The van der Waals surface area contributed by atoms with E-state index in [1.807, 2.05) is 10.6 Å². The van der Waals surface area contributed by atoms with E-state index in [-0.39, 0.29) is 5.83 Å². The number of dihydropyridines is 1. The van der Waals surface area contributed by atoms with Crippen molar-refractivity contribution in [3.8, 4) is 0 Å². The number of aromatic nitrogens is 4. The second-order valence-corrected chi connectivity index (χ2v) is 6.76. The van der Waals surface area contributed by atoms with E-state index in [4.69, 9.17) is 0 Å². The second-order valence-electron chi connectivity index (χ2n) is 5.73. The summed E-state index contributed by atoms with van der Waals surface area (Å²) in [5.41, 5.74) is 2.11. The van der Waals surface area contributed by atoms with Gasteiger partial charge >= 0.3 is 0 Å². The van der Waals surface area contributed by atoms with Crippen LogP contribution in [0.5, 0.6) is 0 Å². The molecule has 4 heterocycles. The molecule has 1 amide bonds. The first-order valence-corrected chi connectivity index (χ1v) is 9.07. The van der Waals surface area contributed by atoms with Crippen molar-refractivity contribution in [2.75, 3.05) is 18.4 Å². The monoisotopic (exact) mass is 385 g/mol. The number of halogens is 1. The van der Waals surface area contributed by atoms with E-state index in [0.717, 1.165) is 11.0 Å². The van der Waals surface area contributed by atoms with Gasteiger partial charge in [0.1, 0.15) is 17.2 Å². The number of allylic oxidation sites excluding steroid dienone is 2. The van der Waals surface area contributed by atoms with E-state index >= 15 is 0 Å². The summed E-state index contributed by atoms with van der Waals surface area (Å²) in [7, 11) is 0. The number of hydrogen-bond acceptors (Lipinski definition) is 7. The lowest BCUT2D eigenvalue weighted by Gasteiger charge is -2.10. The minimum atomic E-state index is -0.302. The third-order valence-corrected chi connectivity index (χ3v) is 4.90. The molecule has 0 aliphatic carbocycles. The Hall–Kier alpha value is -3.27. The molecule has 1 aliphatic heterocycles. The van der Waals surface area contributed by atoms with Gasteiger partial charge in [0, 0.05) is 31.9 Å². The zero-order chi connectivity index (χ0) is 18.6. The lowest BCUT2D eigenvalue weighted by Crippen LogP contribution is -2.17. The minimum Gasteiger partial charge on any atom is -0.378 e. The molecule has 0 aromatic carbocycles. The van der Waals surface area contributed by atoms with Crippen molar-refractivity contribution in [1.29, 1.82) is 0 Å². The zero-order valence-electron chi connectivity index (χ0n) is 14.1. The quantitative estimate of drug-likeness (QED) is 0.426. The third-order valence-electron chi connectivity index (χ3n) is 3.97. The second kappa shape index (κ2) is 7.54. The van der Waals surface area contributed by atoms with Gasteiger partial charge in [0.25, 0.3) is 0 Å². The van der Waals surface area contributed by atoms with Crippen molar-refractivity contribution in [2.24, 2.45) is 0 Å². The van der Waals surface area contributed by atoms with E-state index < -0.39 is 0 Å². The average molecular weight is 385 g/mol. The SMILES string of the molecule is O=CNCCn1cnc2cnc(Nc3ncc(C4=C(F)C=CCN4)s3)cc21.